The molecule has 0 aliphatic carbocycles. The molecule has 0 saturated heterocycles. The van der Waals surface area contributed by atoms with E-state index in [4.69, 9.17) is 11.6 Å². The topological polar surface area (TPSA) is 62.6 Å². The Morgan fingerprint density at radius 3 is 2.29 bits per heavy atom. The number of quaternary nitrogens is 1. The third-order valence-electron chi connectivity index (χ3n) is 3.30. The van der Waals surface area contributed by atoms with Crippen LogP contribution < -0.4 is 15.8 Å². The molecular weight excluding hydrogens is 333 g/mol. The van der Waals surface area contributed by atoms with Crippen molar-refractivity contribution >= 4 is 23.4 Å². The summed E-state index contributed by atoms with van der Waals surface area (Å²) in [6.07, 6.45) is 0. The second kappa shape index (κ2) is 8.42. The summed E-state index contributed by atoms with van der Waals surface area (Å²) in [5.74, 6) is -1.04. The van der Waals surface area contributed by atoms with Crippen molar-refractivity contribution in [1.29, 1.82) is 0 Å². The van der Waals surface area contributed by atoms with Crippen LogP contribution in [-0.4, -0.2) is 25.4 Å². The van der Waals surface area contributed by atoms with Crippen molar-refractivity contribution in [2.75, 3.05) is 13.6 Å². The molecule has 2 amide bonds. The van der Waals surface area contributed by atoms with Crippen molar-refractivity contribution < 1.29 is 18.9 Å². The van der Waals surface area contributed by atoms with Crippen LogP contribution in [0.15, 0.2) is 48.5 Å². The van der Waals surface area contributed by atoms with Crippen LogP contribution in [0.4, 0.5) is 4.39 Å². The maximum Gasteiger partial charge on any atom is 0.293 e. The fraction of sp³-hybridized carbons (Fsp3) is 0.176. The highest BCUT2D eigenvalue weighted by Gasteiger charge is 2.12. The minimum absolute atomic E-state index is 0.165. The molecule has 0 radical (unpaired) electrons. The van der Waals surface area contributed by atoms with Gasteiger partial charge in [0.05, 0.1) is 7.05 Å². The molecule has 0 saturated carbocycles. The molecule has 1 unspecified atom stereocenters. The second-order valence-electron chi connectivity index (χ2n) is 5.45. The Morgan fingerprint density at radius 1 is 1.04 bits per heavy atom. The lowest BCUT2D eigenvalue weighted by molar-refractivity contribution is -0.885. The Balaban J connectivity index is 1.77. The van der Waals surface area contributed by atoms with E-state index >= 15 is 0 Å². The Kier molecular flexibility index (Phi) is 6.28. The van der Waals surface area contributed by atoms with E-state index in [9.17, 15) is 14.0 Å². The Morgan fingerprint density at radius 2 is 1.67 bits per heavy atom. The Bertz CT molecular complexity index is 705. The molecule has 2 rings (SSSR count). The summed E-state index contributed by atoms with van der Waals surface area (Å²) >= 11 is 5.75. The summed E-state index contributed by atoms with van der Waals surface area (Å²) in [6, 6.07) is 12.4. The first-order valence-corrected chi connectivity index (χ1v) is 7.72. The minimum Gasteiger partial charge on any atom is -0.326 e. The van der Waals surface area contributed by atoms with Gasteiger partial charge in [-0.05, 0) is 36.4 Å². The minimum atomic E-state index is -0.420. The lowest BCUT2D eigenvalue weighted by Gasteiger charge is -2.14. The molecule has 0 spiro atoms. The van der Waals surface area contributed by atoms with Crippen LogP contribution in [0.5, 0.6) is 0 Å². The number of hydrogen-bond acceptors (Lipinski definition) is 2. The average molecular weight is 351 g/mol. The van der Waals surface area contributed by atoms with Gasteiger partial charge in [-0.2, -0.15) is 0 Å². The lowest BCUT2D eigenvalue weighted by atomic mass is 10.2. The van der Waals surface area contributed by atoms with E-state index in [2.05, 4.69) is 10.9 Å². The summed E-state index contributed by atoms with van der Waals surface area (Å²) in [6.45, 7) is 0.733. The fourth-order valence-electron chi connectivity index (χ4n) is 2.13. The number of halogens is 2. The van der Waals surface area contributed by atoms with Crippen molar-refractivity contribution in [3.8, 4) is 0 Å². The lowest BCUT2D eigenvalue weighted by Crippen LogP contribution is -3.09. The van der Waals surface area contributed by atoms with Gasteiger partial charge in [-0.15, -0.1) is 0 Å². The molecule has 0 aliphatic rings. The zero-order valence-corrected chi connectivity index (χ0v) is 13.9. The van der Waals surface area contributed by atoms with Crippen LogP contribution in [0, 0.1) is 5.82 Å². The van der Waals surface area contributed by atoms with Gasteiger partial charge in [-0.3, -0.25) is 20.4 Å². The molecule has 7 heteroatoms. The van der Waals surface area contributed by atoms with Gasteiger partial charge in [0, 0.05) is 16.1 Å². The number of likely N-dealkylation sites (N-methyl/N-ethyl adjacent to an activating group) is 1. The Hall–Kier alpha value is -2.44. The summed E-state index contributed by atoms with van der Waals surface area (Å²) < 4.78 is 12.9. The molecule has 24 heavy (non-hydrogen) atoms. The highest BCUT2D eigenvalue weighted by atomic mass is 35.5. The van der Waals surface area contributed by atoms with Crippen molar-refractivity contribution in [1.82, 2.24) is 10.9 Å². The summed E-state index contributed by atoms with van der Waals surface area (Å²) in [5, 5.41) is 0.529. The molecule has 2 aromatic rings. The number of nitrogens with one attached hydrogen (secondary N) is 3. The number of rotatable bonds is 5. The van der Waals surface area contributed by atoms with Gasteiger partial charge >= 0.3 is 0 Å². The number of amides is 2. The van der Waals surface area contributed by atoms with Crippen molar-refractivity contribution in [2.24, 2.45) is 0 Å². The normalized spacial score (nSPS) is 11.6. The molecule has 126 valence electrons. The molecule has 2 aromatic carbocycles. The fourth-order valence-corrected chi connectivity index (χ4v) is 2.26. The third-order valence-corrected chi connectivity index (χ3v) is 3.56. The van der Waals surface area contributed by atoms with Crippen LogP contribution >= 0.6 is 11.6 Å². The highest BCUT2D eigenvalue weighted by molar-refractivity contribution is 6.30. The van der Waals surface area contributed by atoms with Crippen molar-refractivity contribution in [3.05, 3.63) is 70.5 Å². The van der Waals surface area contributed by atoms with E-state index in [1.807, 2.05) is 7.05 Å². The number of carbonyl (C=O) groups is 2. The highest BCUT2D eigenvalue weighted by Crippen LogP contribution is 2.08. The van der Waals surface area contributed by atoms with Gasteiger partial charge in [0.25, 0.3) is 11.8 Å². The monoisotopic (exact) mass is 350 g/mol. The van der Waals surface area contributed by atoms with E-state index in [0.29, 0.717) is 17.1 Å². The van der Waals surface area contributed by atoms with Gasteiger partial charge in [-0.25, -0.2) is 4.39 Å². The van der Waals surface area contributed by atoms with Gasteiger partial charge < -0.3 is 4.90 Å². The first-order valence-electron chi connectivity index (χ1n) is 7.34. The Labute approximate surface area is 144 Å². The molecule has 0 bridgehead atoms. The second-order valence-corrected chi connectivity index (χ2v) is 5.88. The molecule has 1 atom stereocenters. The zero-order chi connectivity index (χ0) is 17.5. The first-order chi connectivity index (χ1) is 11.4. The van der Waals surface area contributed by atoms with Crippen molar-refractivity contribution in [2.45, 2.75) is 6.54 Å². The maximum absolute atomic E-state index is 12.9. The van der Waals surface area contributed by atoms with E-state index in [1.165, 1.54) is 12.1 Å². The summed E-state index contributed by atoms with van der Waals surface area (Å²) in [7, 11) is 1.84. The van der Waals surface area contributed by atoms with Crippen molar-refractivity contribution in [3.63, 3.8) is 0 Å². The van der Waals surface area contributed by atoms with Gasteiger partial charge in [-0.1, -0.05) is 23.7 Å². The van der Waals surface area contributed by atoms with Gasteiger partial charge in [0.1, 0.15) is 12.4 Å². The average Bonchev–Trinajstić information content (AvgIpc) is 2.55. The summed E-state index contributed by atoms with van der Waals surface area (Å²) in [5.41, 5.74) is 6.04. The van der Waals surface area contributed by atoms with Crippen LogP contribution in [0.2, 0.25) is 5.02 Å². The number of benzene rings is 2. The zero-order valence-electron chi connectivity index (χ0n) is 13.1. The molecule has 3 N–H and O–H groups in total. The number of carbonyl (C=O) groups excluding carboxylic acids is 2. The molecule has 5 nitrogen and oxygen atoms in total. The van der Waals surface area contributed by atoms with Crippen LogP contribution in [0.3, 0.4) is 0 Å². The van der Waals surface area contributed by atoms with E-state index in [0.717, 1.165) is 10.5 Å². The smallest absolute Gasteiger partial charge is 0.293 e. The van der Waals surface area contributed by atoms with Crippen LogP contribution in [0.1, 0.15) is 15.9 Å². The molecule has 0 fully saturated rings. The molecule has 0 aliphatic heterocycles. The molecule has 0 heterocycles. The van der Waals surface area contributed by atoms with E-state index in [-0.39, 0.29) is 18.3 Å². The van der Waals surface area contributed by atoms with Crippen LogP contribution in [-0.2, 0) is 11.3 Å². The predicted octanol–water partition coefficient (Wildman–Crippen LogP) is 0.955. The predicted molar refractivity (Wildman–Crippen MR) is 88.9 cm³/mol. The molecule has 0 aromatic heterocycles. The number of hydrogen-bond donors (Lipinski definition) is 3. The van der Waals surface area contributed by atoms with Gasteiger partial charge in [0.2, 0.25) is 0 Å². The standard InChI is InChI=1S/C17H17ClFN3O2/c1-22(10-12-2-8-15(19)9-3-12)11-16(23)20-21-17(24)13-4-6-14(18)7-5-13/h2-9H,10-11H2,1H3,(H,20,23)(H,21,24)/p+1. The summed E-state index contributed by atoms with van der Waals surface area (Å²) in [4.78, 5) is 24.6. The largest absolute Gasteiger partial charge is 0.326 e. The first kappa shape index (κ1) is 17.9. The van der Waals surface area contributed by atoms with E-state index in [1.54, 1.807) is 36.4 Å². The quantitative estimate of drug-likeness (QED) is 0.703. The van der Waals surface area contributed by atoms with E-state index < -0.39 is 5.91 Å². The maximum atomic E-state index is 12.9. The molecular formula is C17H18ClFN3O2+. The third kappa shape index (κ3) is 5.64. The SMILES string of the molecule is C[NH+](CC(=O)NNC(=O)c1ccc(Cl)cc1)Cc1ccc(F)cc1. The van der Waals surface area contributed by atoms with Gasteiger partial charge in [0.15, 0.2) is 6.54 Å². The number of hydrazine groups is 1. The van der Waals surface area contributed by atoms with Crippen LogP contribution in [0.25, 0.3) is 0 Å².